The largest absolute Gasteiger partial charge is 0.349 e. The SMILES string of the molecule is O=C(Cn1c(-c2ccccc2)cc2ccccc21)NCc1ccccn1. The molecule has 128 valence electrons. The summed E-state index contributed by atoms with van der Waals surface area (Å²) >= 11 is 0. The van der Waals surface area contributed by atoms with E-state index in [0.717, 1.165) is 27.9 Å². The van der Waals surface area contributed by atoms with E-state index >= 15 is 0 Å². The van der Waals surface area contributed by atoms with Crippen LogP contribution in [0.1, 0.15) is 5.69 Å². The van der Waals surface area contributed by atoms with Crippen molar-refractivity contribution < 1.29 is 4.79 Å². The number of pyridine rings is 1. The Morgan fingerprint density at radius 1 is 0.923 bits per heavy atom. The fourth-order valence-corrected chi connectivity index (χ4v) is 3.12. The van der Waals surface area contributed by atoms with Crippen molar-refractivity contribution in [3.8, 4) is 11.3 Å². The van der Waals surface area contributed by atoms with Gasteiger partial charge in [-0.15, -0.1) is 0 Å². The van der Waals surface area contributed by atoms with Crippen molar-refractivity contribution in [1.82, 2.24) is 14.9 Å². The second-order valence-corrected chi connectivity index (χ2v) is 6.14. The molecule has 4 rings (SSSR count). The molecule has 0 saturated heterocycles. The number of nitrogens with zero attached hydrogens (tertiary/aromatic N) is 2. The van der Waals surface area contributed by atoms with Crippen molar-refractivity contribution in [2.24, 2.45) is 0 Å². The van der Waals surface area contributed by atoms with Gasteiger partial charge < -0.3 is 9.88 Å². The number of hydrogen-bond donors (Lipinski definition) is 1. The van der Waals surface area contributed by atoms with E-state index in [1.54, 1.807) is 6.20 Å². The molecule has 0 radical (unpaired) electrons. The van der Waals surface area contributed by atoms with Crippen LogP contribution in [0.25, 0.3) is 22.2 Å². The van der Waals surface area contributed by atoms with E-state index in [0.29, 0.717) is 6.54 Å². The van der Waals surface area contributed by atoms with Crippen LogP contribution in [0.15, 0.2) is 85.1 Å². The first-order chi connectivity index (χ1) is 12.8. The molecule has 26 heavy (non-hydrogen) atoms. The maximum absolute atomic E-state index is 12.6. The maximum atomic E-state index is 12.6. The lowest BCUT2D eigenvalue weighted by Crippen LogP contribution is -2.27. The van der Waals surface area contributed by atoms with Gasteiger partial charge in [-0.3, -0.25) is 9.78 Å². The predicted molar refractivity (Wildman–Crippen MR) is 103 cm³/mol. The zero-order valence-corrected chi connectivity index (χ0v) is 14.3. The number of hydrogen-bond acceptors (Lipinski definition) is 2. The number of para-hydroxylation sites is 1. The second-order valence-electron chi connectivity index (χ2n) is 6.14. The molecular formula is C22H19N3O. The molecule has 0 bridgehead atoms. The Morgan fingerprint density at radius 2 is 1.69 bits per heavy atom. The third-order valence-corrected chi connectivity index (χ3v) is 4.37. The van der Waals surface area contributed by atoms with Crippen molar-refractivity contribution >= 4 is 16.8 Å². The smallest absolute Gasteiger partial charge is 0.240 e. The number of benzene rings is 2. The summed E-state index contributed by atoms with van der Waals surface area (Å²) in [6.07, 6.45) is 1.73. The first-order valence-electron chi connectivity index (χ1n) is 8.61. The van der Waals surface area contributed by atoms with Gasteiger partial charge in [0, 0.05) is 22.8 Å². The summed E-state index contributed by atoms with van der Waals surface area (Å²) in [7, 11) is 0. The zero-order valence-electron chi connectivity index (χ0n) is 14.3. The highest BCUT2D eigenvalue weighted by molar-refractivity contribution is 5.89. The topological polar surface area (TPSA) is 46.9 Å². The Balaban J connectivity index is 1.61. The number of rotatable bonds is 5. The third kappa shape index (κ3) is 3.35. The fraction of sp³-hybridized carbons (Fsp3) is 0.0909. The Morgan fingerprint density at radius 3 is 2.50 bits per heavy atom. The minimum Gasteiger partial charge on any atom is -0.349 e. The number of carbonyl (C=O) groups is 1. The van der Waals surface area contributed by atoms with Gasteiger partial charge >= 0.3 is 0 Å². The van der Waals surface area contributed by atoms with E-state index in [9.17, 15) is 4.79 Å². The van der Waals surface area contributed by atoms with Gasteiger partial charge in [-0.1, -0.05) is 54.6 Å². The predicted octanol–water partition coefficient (Wildman–Crippen LogP) is 4.02. The van der Waals surface area contributed by atoms with E-state index in [1.165, 1.54) is 0 Å². The summed E-state index contributed by atoms with van der Waals surface area (Å²) in [6, 6.07) is 26.1. The van der Waals surface area contributed by atoms with E-state index in [-0.39, 0.29) is 12.5 Å². The van der Waals surface area contributed by atoms with Crippen molar-refractivity contribution in [3.05, 3.63) is 90.8 Å². The van der Waals surface area contributed by atoms with Gasteiger partial charge in [-0.2, -0.15) is 0 Å². The van der Waals surface area contributed by atoms with Crippen LogP contribution in [0.5, 0.6) is 0 Å². The normalized spacial score (nSPS) is 10.8. The highest BCUT2D eigenvalue weighted by Gasteiger charge is 2.13. The summed E-state index contributed by atoms with van der Waals surface area (Å²) < 4.78 is 2.07. The molecule has 2 aromatic carbocycles. The van der Waals surface area contributed by atoms with E-state index in [1.807, 2.05) is 54.6 Å². The van der Waals surface area contributed by atoms with Gasteiger partial charge in [0.05, 0.1) is 12.2 Å². The number of fused-ring (bicyclic) bond motifs is 1. The molecule has 2 heterocycles. The molecule has 0 aliphatic carbocycles. The summed E-state index contributed by atoms with van der Waals surface area (Å²) in [5.41, 5.74) is 4.04. The van der Waals surface area contributed by atoms with Crippen molar-refractivity contribution in [2.45, 2.75) is 13.1 Å². The monoisotopic (exact) mass is 341 g/mol. The molecule has 0 fully saturated rings. The molecule has 4 nitrogen and oxygen atoms in total. The molecule has 0 saturated carbocycles. The lowest BCUT2D eigenvalue weighted by molar-refractivity contribution is -0.121. The minimum absolute atomic E-state index is 0.0332. The molecule has 4 heteroatoms. The van der Waals surface area contributed by atoms with Crippen molar-refractivity contribution in [2.75, 3.05) is 0 Å². The van der Waals surface area contributed by atoms with Crippen LogP contribution in [0.3, 0.4) is 0 Å². The first kappa shape index (κ1) is 16.1. The van der Waals surface area contributed by atoms with E-state index in [2.05, 4.69) is 39.1 Å². The molecule has 0 atom stereocenters. The minimum atomic E-state index is -0.0332. The Bertz CT molecular complexity index is 1020. The number of carbonyl (C=O) groups excluding carboxylic acids is 1. The number of aromatic nitrogens is 2. The van der Waals surface area contributed by atoms with Gasteiger partial charge in [0.1, 0.15) is 6.54 Å². The van der Waals surface area contributed by atoms with Crippen molar-refractivity contribution in [1.29, 1.82) is 0 Å². The van der Waals surface area contributed by atoms with Crippen molar-refractivity contribution in [3.63, 3.8) is 0 Å². The molecule has 4 aromatic rings. The van der Waals surface area contributed by atoms with Gasteiger partial charge in [0.15, 0.2) is 0 Å². The van der Waals surface area contributed by atoms with Crippen LogP contribution in [0.4, 0.5) is 0 Å². The van der Waals surface area contributed by atoms with E-state index in [4.69, 9.17) is 0 Å². The van der Waals surface area contributed by atoms with Crippen LogP contribution in [-0.4, -0.2) is 15.5 Å². The highest BCUT2D eigenvalue weighted by atomic mass is 16.1. The Kier molecular flexibility index (Phi) is 4.48. The fourth-order valence-electron chi connectivity index (χ4n) is 3.12. The molecule has 0 aliphatic heterocycles. The zero-order chi connectivity index (χ0) is 17.8. The summed E-state index contributed by atoms with van der Waals surface area (Å²) in [6.45, 7) is 0.699. The quantitative estimate of drug-likeness (QED) is 0.596. The van der Waals surface area contributed by atoms with Gasteiger partial charge in [-0.05, 0) is 29.8 Å². The molecule has 0 aliphatic rings. The standard InChI is InChI=1S/C22H19N3O/c26-22(24-15-19-11-6-7-13-23-19)16-25-20-12-5-4-10-18(20)14-21(25)17-8-2-1-3-9-17/h1-14H,15-16H2,(H,24,26). The average Bonchev–Trinajstić information content (AvgIpc) is 3.06. The number of nitrogens with one attached hydrogen (secondary N) is 1. The maximum Gasteiger partial charge on any atom is 0.240 e. The third-order valence-electron chi connectivity index (χ3n) is 4.37. The average molecular weight is 341 g/mol. The van der Waals surface area contributed by atoms with Crippen LogP contribution in [0.2, 0.25) is 0 Å². The van der Waals surface area contributed by atoms with Crippen LogP contribution in [-0.2, 0) is 17.9 Å². The van der Waals surface area contributed by atoms with Gasteiger partial charge in [0.25, 0.3) is 0 Å². The molecule has 2 aromatic heterocycles. The van der Waals surface area contributed by atoms with Crippen LogP contribution in [0, 0.1) is 0 Å². The van der Waals surface area contributed by atoms with Crippen LogP contribution < -0.4 is 5.32 Å². The Labute approximate surface area is 152 Å². The lowest BCUT2D eigenvalue weighted by atomic mass is 10.1. The summed E-state index contributed by atoms with van der Waals surface area (Å²) in [5.74, 6) is -0.0332. The molecule has 0 spiro atoms. The molecular weight excluding hydrogens is 322 g/mol. The molecule has 1 amide bonds. The molecule has 0 unspecified atom stereocenters. The first-order valence-corrected chi connectivity index (χ1v) is 8.61. The highest BCUT2D eigenvalue weighted by Crippen LogP contribution is 2.28. The number of amides is 1. The van der Waals surface area contributed by atoms with Gasteiger partial charge in [0.2, 0.25) is 5.91 Å². The van der Waals surface area contributed by atoms with E-state index < -0.39 is 0 Å². The Hall–Kier alpha value is -3.40. The lowest BCUT2D eigenvalue weighted by Gasteiger charge is -2.11. The summed E-state index contributed by atoms with van der Waals surface area (Å²) in [5, 5.41) is 4.09. The molecule has 1 N–H and O–H groups in total. The summed E-state index contributed by atoms with van der Waals surface area (Å²) in [4.78, 5) is 16.8. The van der Waals surface area contributed by atoms with Gasteiger partial charge in [-0.25, -0.2) is 0 Å². The van der Waals surface area contributed by atoms with Crippen LogP contribution >= 0.6 is 0 Å². The second kappa shape index (κ2) is 7.23.